The van der Waals surface area contributed by atoms with E-state index in [-0.39, 0.29) is 25.1 Å². The van der Waals surface area contributed by atoms with Gasteiger partial charge in [0.1, 0.15) is 0 Å². The lowest BCUT2D eigenvalue weighted by Gasteiger charge is -2.26. The van der Waals surface area contributed by atoms with Crippen LogP contribution in [0.3, 0.4) is 0 Å². The number of aliphatic hydroxyl groups excluding tert-OH is 1. The highest BCUT2D eigenvalue weighted by Gasteiger charge is 2.30. The van der Waals surface area contributed by atoms with Crippen LogP contribution < -0.4 is 14.9 Å². The average Bonchev–Trinajstić information content (AvgIpc) is 3.00. The number of benzene rings is 4. The Kier molecular flexibility index (Phi) is 11.0. The molecule has 0 fully saturated rings. The lowest BCUT2D eigenvalue weighted by molar-refractivity contribution is -0.137. The number of para-hydroxylation sites is 1. The highest BCUT2D eigenvalue weighted by molar-refractivity contribution is 7.92. The molecule has 238 valence electrons. The van der Waals surface area contributed by atoms with Crippen molar-refractivity contribution in [2.45, 2.75) is 44.6 Å². The molecule has 7 nitrogen and oxygen atoms in total. The van der Waals surface area contributed by atoms with Gasteiger partial charge in [0.15, 0.2) is 0 Å². The summed E-state index contributed by atoms with van der Waals surface area (Å²) in [5.41, 5.74) is 2.18. The first-order chi connectivity index (χ1) is 21.3. The lowest BCUT2D eigenvalue weighted by Crippen LogP contribution is -2.48. The van der Waals surface area contributed by atoms with Gasteiger partial charge in [-0.25, -0.2) is 12.7 Å². The molecule has 11 heteroatoms. The SMILES string of the molecule is CCc1cc(C(=O)N[C@@H](Cc2ccccc2)[C@H](O)CNCc2cccc(C(F)(F)F)c2)cc(N(c2ccccc2)S(C)(=O)=O)c1. The van der Waals surface area contributed by atoms with E-state index in [1.807, 2.05) is 37.3 Å². The van der Waals surface area contributed by atoms with Crippen LogP contribution in [-0.4, -0.2) is 44.4 Å². The van der Waals surface area contributed by atoms with Crippen molar-refractivity contribution in [2.75, 3.05) is 17.1 Å². The Morgan fingerprint density at radius 2 is 1.49 bits per heavy atom. The van der Waals surface area contributed by atoms with Gasteiger partial charge >= 0.3 is 6.18 Å². The Bertz CT molecular complexity index is 1680. The number of sulfonamides is 1. The monoisotopic (exact) mass is 639 g/mol. The maximum atomic E-state index is 13.7. The number of nitrogens with zero attached hydrogens (tertiary/aromatic N) is 1. The molecule has 0 aromatic heterocycles. The minimum Gasteiger partial charge on any atom is -0.390 e. The third-order valence-electron chi connectivity index (χ3n) is 7.22. The van der Waals surface area contributed by atoms with Crippen molar-refractivity contribution in [1.82, 2.24) is 10.6 Å². The molecule has 0 unspecified atom stereocenters. The second-order valence-electron chi connectivity index (χ2n) is 10.8. The largest absolute Gasteiger partial charge is 0.416 e. The first kappa shape index (κ1) is 33.7. The topological polar surface area (TPSA) is 98.7 Å². The number of aliphatic hydroxyl groups is 1. The van der Waals surface area contributed by atoms with Gasteiger partial charge in [-0.1, -0.05) is 73.7 Å². The summed E-state index contributed by atoms with van der Waals surface area (Å²) < 4.78 is 66.3. The van der Waals surface area contributed by atoms with Gasteiger partial charge in [0.2, 0.25) is 10.0 Å². The summed E-state index contributed by atoms with van der Waals surface area (Å²) in [4.78, 5) is 13.7. The van der Waals surface area contributed by atoms with Crippen LogP contribution in [0.15, 0.2) is 103 Å². The molecule has 0 aliphatic rings. The molecule has 45 heavy (non-hydrogen) atoms. The van der Waals surface area contributed by atoms with Crippen molar-refractivity contribution >= 4 is 27.3 Å². The number of amides is 1. The number of halogens is 3. The summed E-state index contributed by atoms with van der Waals surface area (Å²) >= 11 is 0. The van der Waals surface area contributed by atoms with Crippen molar-refractivity contribution < 1.29 is 31.5 Å². The highest BCUT2D eigenvalue weighted by Crippen LogP contribution is 2.31. The van der Waals surface area contributed by atoms with Crippen LogP contribution >= 0.6 is 0 Å². The van der Waals surface area contributed by atoms with Crippen LogP contribution in [0.25, 0.3) is 0 Å². The number of carbonyl (C=O) groups is 1. The molecule has 0 saturated carbocycles. The van der Waals surface area contributed by atoms with Gasteiger partial charge in [0.25, 0.3) is 5.91 Å². The quantitative estimate of drug-likeness (QED) is 0.170. The number of alkyl halides is 3. The summed E-state index contributed by atoms with van der Waals surface area (Å²) in [6.45, 7) is 1.96. The molecule has 0 heterocycles. The average molecular weight is 640 g/mol. The van der Waals surface area contributed by atoms with Crippen molar-refractivity contribution in [3.05, 3.63) is 131 Å². The molecular weight excluding hydrogens is 603 g/mol. The van der Waals surface area contributed by atoms with Crippen molar-refractivity contribution in [2.24, 2.45) is 0 Å². The second-order valence-corrected chi connectivity index (χ2v) is 12.6. The minimum absolute atomic E-state index is 0.00978. The molecule has 0 aliphatic carbocycles. The molecule has 3 N–H and O–H groups in total. The van der Waals surface area contributed by atoms with Crippen LogP contribution in [-0.2, 0) is 35.6 Å². The van der Waals surface area contributed by atoms with Gasteiger partial charge in [0.05, 0.1) is 35.3 Å². The smallest absolute Gasteiger partial charge is 0.390 e. The summed E-state index contributed by atoms with van der Waals surface area (Å²) in [7, 11) is -3.77. The fraction of sp³-hybridized carbons (Fsp3) is 0.265. The van der Waals surface area contributed by atoms with Gasteiger partial charge in [-0.05, 0) is 65.9 Å². The van der Waals surface area contributed by atoms with Gasteiger partial charge in [-0.3, -0.25) is 4.79 Å². The number of nitrogens with one attached hydrogen (secondary N) is 2. The number of hydrogen-bond acceptors (Lipinski definition) is 5. The van der Waals surface area contributed by atoms with Gasteiger partial charge in [0, 0.05) is 18.7 Å². The number of rotatable bonds is 13. The third-order valence-corrected chi connectivity index (χ3v) is 8.31. The Labute approximate surface area is 261 Å². The number of carbonyl (C=O) groups excluding carboxylic acids is 1. The number of aryl methyl sites for hydroxylation is 1. The van der Waals surface area contributed by atoms with E-state index in [4.69, 9.17) is 0 Å². The van der Waals surface area contributed by atoms with Crippen LogP contribution in [0, 0.1) is 0 Å². The molecular formula is C34H36F3N3O4S. The summed E-state index contributed by atoms with van der Waals surface area (Å²) in [6.07, 6.45) is -3.66. The fourth-order valence-electron chi connectivity index (χ4n) is 4.99. The normalized spacial score (nSPS) is 13.2. The molecule has 4 aromatic rings. The van der Waals surface area contributed by atoms with Gasteiger partial charge in [-0.15, -0.1) is 0 Å². The predicted octanol–water partition coefficient (Wildman–Crippen LogP) is 5.86. The fourth-order valence-corrected chi connectivity index (χ4v) is 5.98. The minimum atomic E-state index is -4.46. The van der Waals surface area contributed by atoms with E-state index in [1.54, 1.807) is 48.5 Å². The Morgan fingerprint density at radius 3 is 2.11 bits per heavy atom. The maximum Gasteiger partial charge on any atom is 0.416 e. The first-order valence-corrected chi connectivity index (χ1v) is 16.3. The summed E-state index contributed by atoms with van der Waals surface area (Å²) in [5.74, 6) is -0.508. The summed E-state index contributed by atoms with van der Waals surface area (Å²) in [6, 6.07) is 26.9. The third kappa shape index (κ3) is 9.40. The van der Waals surface area contributed by atoms with Crippen LogP contribution in [0.5, 0.6) is 0 Å². The van der Waals surface area contributed by atoms with E-state index in [1.165, 1.54) is 16.4 Å². The first-order valence-electron chi connectivity index (χ1n) is 14.4. The molecule has 4 aromatic carbocycles. The van der Waals surface area contributed by atoms with Crippen molar-refractivity contribution in [3.8, 4) is 0 Å². The standard InChI is InChI=1S/C34H36F3N3O4S/c1-3-24-17-27(21-30(19-24)40(45(2,43)44)29-15-8-5-9-16-29)33(42)39-31(20-25-11-6-4-7-12-25)32(41)23-38-22-26-13-10-14-28(18-26)34(35,36)37/h4-19,21,31-32,38,41H,3,20,22-23H2,1-2H3,(H,39,42)/t31-,32+/m0/s1. The van der Waals surface area contributed by atoms with Gasteiger partial charge in [-0.2, -0.15) is 13.2 Å². The molecule has 0 bridgehead atoms. The Hall–Kier alpha value is -4.19. The Morgan fingerprint density at radius 1 is 0.844 bits per heavy atom. The van der Waals surface area contributed by atoms with Crippen molar-refractivity contribution in [1.29, 1.82) is 0 Å². The van der Waals surface area contributed by atoms with E-state index in [0.717, 1.165) is 29.5 Å². The van der Waals surface area contributed by atoms with E-state index >= 15 is 0 Å². The second kappa shape index (κ2) is 14.7. The predicted molar refractivity (Wildman–Crippen MR) is 170 cm³/mol. The van der Waals surface area contributed by atoms with Gasteiger partial charge < -0.3 is 15.7 Å². The van der Waals surface area contributed by atoms with E-state index in [9.17, 15) is 31.5 Å². The van der Waals surface area contributed by atoms with Crippen molar-refractivity contribution in [3.63, 3.8) is 0 Å². The molecule has 4 rings (SSSR count). The number of anilines is 2. The zero-order chi connectivity index (χ0) is 32.6. The van der Waals surface area contributed by atoms with E-state index < -0.39 is 39.8 Å². The van der Waals surface area contributed by atoms with E-state index in [2.05, 4.69) is 10.6 Å². The maximum absolute atomic E-state index is 13.7. The highest BCUT2D eigenvalue weighted by atomic mass is 32.2. The molecule has 0 saturated heterocycles. The zero-order valence-corrected chi connectivity index (χ0v) is 25.8. The Balaban J connectivity index is 1.57. The molecule has 0 aliphatic heterocycles. The zero-order valence-electron chi connectivity index (χ0n) is 25.0. The molecule has 1 amide bonds. The number of hydrogen-bond donors (Lipinski definition) is 3. The van der Waals surface area contributed by atoms with Crippen LogP contribution in [0.2, 0.25) is 0 Å². The molecule has 0 spiro atoms. The van der Waals surface area contributed by atoms with Crippen LogP contribution in [0.4, 0.5) is 24.5 Å². The van der Waals surface area contributed by atoms with E-state index in [0.29, 0.717) is 23.4 Å². The van der Waals surface area contributed by atoms with Crippen LogP contribution in [0.1, 0.15) is 39.5 Å². The summed E-state index contributed by atoms with van der Waals surface area (Å²) in [5, 5.41) is 17.1. The lowest BCUT2D eigenvalue weighted by atomic mass is 9.99. The molecule has 2 atom stereocenters. The molecule has 0 radical (unpaired) electrons.